The third kappa shape index (κ3) is 3.40. The van der Waals surface area contributed by atoms with E-state index >= 15 is 0 Å². The van der Waals surface area contributed by atoms with Crippen LogP contribution < -0.4 is 10.2 Å². The number of hydrogen-bond donors (Lipinski definition) is 1. The summed E-state index contributed by atoms with van der Waals surface area (Å²) in [7, 11) is 0. The normalized spacial score (nSPS) is 21.9. The molecule has 0 saturated heterocycles. The summed E-state index contributed by atoms with van der Waals surface area (Å²) in [5.41, 5.74) is 2.39. The average Bonchev–Trinajstić information content (AvgIpc) is 2.96. The molecule has 1 aliphatic carbocycles. The van der Waals surface area contributed by atoms with E-state index < -0.39 is 5.54 Å². The second kappa shape index (κ2) is 8.12. The van der Waals surface area contributed by atoms with Crippen LogP contribution in [-0.2, 0) is 11.3 Å². The number of hydrogen-bond acceptors (Lipinski definition) is 2. The lowest BCUT2D eigenvalue weighted by molar-refractivity contribution is -0.127. The zero-order valence-corrected chi connectivity index (χ0v) is 18.9. The van der Waals surface area contributed by atoms with Gasteiger partial charge in [-0.05, 0) is 50.5 Å². The summed E-state index contributed by atoms with van der Waals surface area (Å²) in [6.45, 7) is 4.34. The Morgan fingerprint density at radius 3 is 2.44 bits per heavy atom. The van der Waals surface area contributed by atoms with Gasteiger partial charge in [-0.25, -0.2) is 0 Å². The number of nitrogens with zero attached hydrogens (tertiary/aromatic N) is 2. The molecule has 0 bridgehead atoms. The number of benzene rings is 2. The molecule has 5 heteroatoms. The molecule has 166 valence electrons. The van der Waals surface area contributed by atoms with Crippen molar-refractivity contribution in [2.75, 3.05) is 4.90 Å². The van der Waals surface area contributed by atoms with E-state index in [2.05, 4.69) is 5.32 Å². The van der Waals surface area contributed by atoms with Gasteiger partial charge in [0.15, 0.2) is 0 Å². The zero-order valence-electron chi connectivity index (χ0n) is 18.9. The number of carbonyl (C=O) groups excluding carboxylic acids is 2. The quantitative estimate of drug-likeness (QED) is 0.581. The van der Waals surface area contributed by atoms with Crippen LogP contribution in [0, 0.1) is 6.92 Å². The molecule has 0 spiro atoms. The molecule has 5 rings (SSSR count). The van der Waals surface area contributed by atoms with Crippen LogP contribution >= 0.6 is 0 Å². The molecule has 2 aromatic carbocycles. The van der Waals surface area contributed by atoms with E-state index in [1.807, 2.05) is 73.0 Å². The number of aromatic nitrogens is 1. The number of rotatable bonds is 3. The molecule has 1 aliphatic heterocycles. The summed E-state index contributed by atoms with van der Waals surface area (Å²) >= 11 is 0. The molecular formula is C27H31N3O2. The van der Waals surface area contributed by atoms with E-state index in [-0.39, 0.29) is 17.9 Å². The van der Waals surface area contributed by atoms with Gasteiger partial charge in [0.2, 0.25) is 5.91 Å². The topological polar surface area (TPSA) is 54.3 Å². The maximum Gasteiger partial charge on any atom is 0.275 e. The molecule has 1 aromatic heterocycles. The van der Waals surface area contributed by atoms with Crippen LogP contribution in [0.15, 0.2) is 54.6 Å². The number of nitrogens with one attached hydrogen (secondary N) is 1. The Labute approximate surface area is 189 Å². The van der Waals surface area contributed by atoms with Crippen molar-refractivity contribution in [1.82, 2.24) is 9.88 Å². The van der Waals surface area contributed by atoms with Gasteiger partial charge in [0.25, 0.3) is 5.91 Å². The molecule has 1 N–H and O–H groups in total. The fraction of sp³-hybridized carbons (Fsp3) is 0.407. The van der Waals surface area contributed by atoms with E-state index in [9.17, 15) is 9.59 Å². The van der Waals surface area contributed by atoms with Gasteiger partial charge in [-0.15, -0.1) is 0 Å². The Morgan fingerprint density at radius 1 is 1.00 bits per heavy atom. The first kappa shape index (κ1) is 20.8. The van der Waals surface area contributed by atoms with Gasteiger partial charge < -0.3 is 9.88 Å². The summed E-state index contributed by atoms with van der Waals surface area (Å²) in [4.78, 5) is 29.6. The SMILES string of the molecule is Cc1ccccc1N1C(=O)c2cc3ccccc3n2C[C@@]1(C)C(=O)NC1CCCCCC1. The summed E-state index contributed by atoms with van der Waals surface area (Å²) in [5.74, 6) is -0.190. The van der Waals surface area contributed by atoms with Crippen LogP contribution in [0.3, 0.4) is 0 Å². The Hall–Kier alpha value is -3.08. The highest BCUT2D eigenvalue weighted by Crippen LogP contribution is 2.37. The standard InChI is InChI=1S/C27H31N3O2/c1-19-11-7-9-15-22(19)30-25(31)24-17-20-12-8-10-16-23(20)29(24)18-27(30,2)26(32)28-21-13-5-3-4-6-14-21/h7-12,15-17,21H,3-6,13-14,18H2,1-2H3,(H,28,32)/t27-/m0/s1. The first-order valence-electron chi connectivity index (χ1n) is 11.8. The molecule has 0 unspecified atom stereocenters. The van der Waals surface area contributed by atoms with Gasteiger partial charge >= 0.3 is 0 Å². The van der Waals surface area contributed by atoms with Crippen LogP contribution in [0.25, 0.3) is 10.9 Å². The summed E-state index contributed by atoms with van der Waals surface area (Å²) in [5, 5.41) is 4.36. The number of anilines is 1. The number of carbonyl (C=O) groups is 2. The van der Waals surface area contributed by atoms with Gasteiger partial charge in [0.1, 0.15) is 11.2 Å². The van der Waals surface area contributed by atoms with Gasteiger partial charge in [0, 0.05) is 22.6 Å². The highest BCUT2D eigenvalue weighted by Gasteiger charge is 2.49. The smallest absolute Gasteiger partial charge is 0.275 e. The van der Waals surface area contributed by atoms with Crippen LogP contribution in [0.4, 0.5) is 5.69 Å². The monoisotopic (exact) mass is 429 g/mol. The minimum Gasteiger partial charge on any atom is -0.351 e. The van der Waals surface area contributed by atoms with Crippen molar-refractivity contribution in [3.05, 3.63) is 65.9 Å². The van der Waals surface area contributed by atoms with Crippen molar-refractivity contribution < 1.29 is 9.59 Å². The van der Waals surface area contributed by atoms with E-state index in [1.54, 1.807) is 4.90 Å². The summed E-state index contributed by atoms with van der Waals surface area (Å²) in [6.07, 6.45) is 6.78. The molecule has 1 fully saturated rings. The largest absolute Gasteiger partial charge is 0.351 e. The maximum atomic E-state index is 13.9. The van der Waals surface area contributed by atoms with Crippen LogP contribution in [0.1, 0.15) is 61.5 Å². The van der Waals surface area contributed by atoms with Gasteiger partial charge in [-0.1, -0.05) is 62.1 Å². The molecule has 5 nitrogen and oxygen atoms in total. The molecule has 3 aromatic rings. The van der Waals surface area contributed by atoms with Crippen molar-refractivity contribution in [3.63, 3.8) is 0 Å². The third-order valence-corrected chi connectivity index (χ3v) is 7.23. The van der Waals surface area contributed by atoms with E-state index in [0.717, 1.165) is 47.8 Å². The first-order valence-corrected chi connectivity index (χ1v) is 11.8. The lowest BCUT2D eigenvalue weighted by Gasteiger charge is -2.45. The zero-order chi connectivity index (χ0) is 22.3. The van der Waals surface area contributed by atoms with Gasteiger partial charge in [-0.2, -0.15) is 0 Å². The highest BCUT2D eigenvalue weighted by atomic mass is 16.2. The molecule has 1 atom stereocenters. The minimum absolute atomic E-state index is 0.0653. The predicted molar refractivity (Wildman–Crippen MR) is 128 cm³/mol. The van der Waals surface area contributed by atoms with Gasteiger partial charge in [-0.3, -0.25) is 14.5 Å². The summed E-state index contributed by atoms with van der Waals surface area (Å²) in [6, 6.07) is 18.0. The number of fused-ring (bicyclic) bond motifs is 3. The molecule has 0 radical (unpaired) electrons. The Balaban J connectivity index is 1.61. The molecule has 2 aliphatic rings. The third-order valence-electron chi connectivity index (χ3n) is 7.23. The van der Waals surface area contributed by atoms with Crippen LogP contribution in [0.5, 0.6) is 0 Å². The fourth-order valence-corrected chi connectivity index (χ4v) is 5.40. The average molecular weight is 430 g/mol. The van der Waals surface area contributed by atoms with Crippen molar-refractivity contribution in [3.8, 4) is 0 Å². The fourth-order valence-electron chi connectivity index (χ4n) is 5.40. The van der Waals surface area contributed by atoms with E-state index in [1.165, 1.54) is 12.8 Å². The van der Waals surface area contributed by atoms with Gasteiger partial charge in [0.05, 0.1) is 6.54 Å². The Kier molecular flexibility index (Phi) is 5.28. The predicted octanol–water partition coefficient (Wildman–Crippen LogP) is 5.21. The van der Waals surface area contributed by atoms with Crippen molar-refractivity contribution in [2.24, 2.45) is 0 Å². The van der Waals surface area contributed by atoms with Crippen molar-refractivity contribution in [2.45, 2.75) is 70.5 Å². The Bertz CT molecular complexity index is 1170. The van der Waals surface area contributed by atoms with Crippen molar-refractivity contribution >= 4 is 28.4 Å². The second-order valence-corrected chi connectivity index (χ2v) is 9.54. The molecule has 1 saturated carbocycles. The minimum atomic E-state index is -1.02. The van der Waals surface area contributed by atoms with Crippen molar-refractivity contribution in [1.29, 1.82) is 0 Å². The molecular weight excluding hydrogens is 398 g/mol. The molecule has 2 amide bonds. The second-order valence-electron chi connectivity index (χ2n) is 9.54. The number of aryl methyl sites for hydroxylation is 1. The molecule has 2 heterocycles. The van der Waals surface area contributed by atoms with Crippen LogP contribution in [-0.4, -0.2) is 28.0 Å². The van der Waals surface area contributed by atoms with E-state index in [4.69, 9.17) is 0 Å². The lowest BCUT2D eigenvalue weighted by Crippen LogP contribution is -2.65. The highest BCUT2D eigenvalue weighted by molar-refractivity contribution is 6.14. The van der Waals surface area contributed by atoms with Crippen LogP contribution in [0.2, 0.25) is 0 Å². The summed E-state index contributed by atoms with van der Waals surface area (Å²) < 4.78 is 2.03. The maximum absolute atomic E-state index is 13.9. The molecule has 32 heavy (non-hydrogen) atoms. The number of amides is 2. The number of para-hydroxylation sites is 2. The van der Waals surface area contributed by atoms with E-state index in [0.29, 0.717) is 12.2 Å². The lowest BCUT2D eigenvalue weighted by atomic mass is 9.92. The Morgan fingerprint density at radius 2 is 1.69 bits per heavy atom. The first-order chi connectivity index (χ1) is 15.5.